The monoisotopic (exact) mass is 242 g/mol. The van der Waals surface area contributed by atoms with Gasteiger partial charge in [0.2, 0.25) is 5.91 Å². The number of hydrogen-bond acceptors (Lipinski definition) is 4. The Bertz CT molecular complexity index is 247. The molecule has 0 aliphatic carbocycles. The van der Waals surface area contributed by atoms with Crippen LogP contribution in [-0.4, -0.2) is 68.6 Å². The van der Waals surface area contributed by atoms with E-state index in [0.29, 0.717) is 6.54 Å². The molecule has 0 spiro atoms. The van der Waals surface area contributed by atoms with Gasteiger partial charge in [0.05, 0.1) is 6.04 Å². The summed E-state index contributed by atoms with van der Waals surface area (Å²) in [5.74, 6) is 0.461. The predicted octanol–water partition coefficient (Wildman–Crippen LogP) is -0.667. The van der Waals surface area contributed by atoms with E-state index in [1.165, 1.54) is 13.0 Å². The van der Waals surface area contributed by atoms with E-state index in [9.17, 15) is 4.79 Å². The Morgan fingerprint density at radius 3 is 2.82 bits per heavy atom. The van der Waals surface area contributed by atoms with E-state index in [1.807, 2.05) is 6.92 Å². The van der Waals surface area contributed by atoms with E-state index in [-0.39, 0.29) is 11.9 Å². The summed E-state index contributed by atoms with van der Waals surface area (Å²) in [6, 6.07) is -0.232. The molecule has 1 saturated heterocycles. The van der Waals surface area contributed by atoms with Gasteiger partial charge in [-0.3, -0.25) is 4.79 Å². The average Bonchev–Trinajstić information content (AvgIpc) is 2.63. The number of nitrogens with zero attached hydrogens (tertiary/aromatic N) is 2. The minimum atomic E-state index is -0.262. The van der Waals surface area contributed by atoms with Gasteiger partial charge < -0.3 is 20.9 Å². The summed E-state index contributed by atoms with van der Waals surface area (Å²) in [7, 11) is 4.22. The van der Waals surface area contributed by atoms with E-state index in [4.69, 9.17) is 5.73 Å². The summed E-state index contributed by atoms with van der Waals surface area (Å²) in [6.07, 6.45) is 1.25. The first-order valence-corrected chi connectivity index (χ1v) is 6.42. The Hall–Kier alpha value is -0.650. The van der Waals surface area contributed by atoms with Crippen molar-refractivity contribution >= 4 is 5.91 Å². The first-order chi connectivity index (χ1) is 8.02. The molecule has 5 heteroatoms. The lowest BCUT2D eigenvalue weighted by Crippen LogP contribution is -2.49. The molecule has 1 aliphatic rings. The highest BCUT2D eigenvalue weighted by molar-refractivity contribution is 5.80. The van der Waals surface area contributed by atoms with Crippen molar-refractivity contribution < 1.29 is 4.79 Å². The predicted molar refractivity (Wildman–Crippen MR) is 69.8 cm³/mol. The summed E-state index contributed by atoms with van der Waals surface area (Å²) < 4.78 is 0. The fraction of sp³-hybridized carbons (Fsp3) is 0.917. The number of likely N-dealkylation sites (N-methyl/N-ethyl adjacent to an activating group) is 2. The second kappa shape index (κ2) is 6.93. The first-order valence-electron chi connectivity index (χ1n) is 6.42. The molecule has 0 radical (unpaired) electrons. The lowest BCUT2D eigenvalue weighted by atomic mass is 10.1. The number of primary amides is 1. The minimum Gasteiger partial charge on any atom is -0.368 e. The summed E-state index contributed by atoms with van der Waals surface area (Å²) in [6.45, 7) is 6.84. The highest BCUT2D eigenvalue weighted by Crippen LogP contribution is 2.15. The molecule has 0 aromatic heterocycles. The summed E-state index contributed by atoms with van der Waals surface area (Å²) in [4.78, 5) is 15.8. The standard InChI is InChI=1S/C12H26N4O/c1-4-14-11(12(13)17)9-16(3)8-10-5-6-15(2)7-10/h10-11,14H,4-9H2,1-3H3,(H2,13,17). The van der Waals surface area contributed by atoms with Gasteiger partial charge in [0.25, 0.3) is 0 Å². The molecule has 0 aromatic rings. The van der Waals surface area contributed by atoms with E-state index in [2.05, 4.69) is 29.2 Å². The van der Waals surface area contributed by atoms with Crippen molar-refractivity contribution in [3.05, 3.63) is 0 Å². The lowest BCUT2D eigenvalue weighted by Gasteiger charge is -2.25. The lowest BCUT2D eigenvalue weighted by molar-refractivity contribution is -0.120. The van der Waals surface area contributed by atoms with Gasteiger partial charge in [0.15, 0.2) is 0 Å². The molecule has 100 valence electrons. The second-order valence-electron chi connectivity index (χ2n) is 5.15. The summed E-state index contributed by atoms with van der Waals surface area (Å²) in [5, 5.41) is 3.12. The van der Waals surface area contributed by atoms with Gasteiger partial charge in [-0.15, -0.1) is 0 Å². The topological polar surface area (TPSA) is 61.6 Å². The van der Waals surface area contributed by atoms with Gasteiger partial charge in [-0.1, -0.05) is 6.92 Å². The normalized spacial score (nSPS) is 23.2. The molecular weight excluding hydrogens is 216 g/mol. The van der Waals surface area contributed by atoms with Crippen LogP contribution in [0.5, 0.6) is 0 Å². The van der Waals surface area contributed by atoms with Crippen molar-refractivity contribution in [1.29, 1.82) is 0 Å². The average molecular weight is 242 g/mol. The fourth-order valence-electron chi connectivity index (χ4n) is 2.50. The first kappa shape index (κ1) is 14.4. The highest BCUT2D eigenvalue weighted by Gasteiger charge is 2.22. The zero-order valence-electron chi connectivity index (χ0n) is 11.3. The number of carbonyl (C=O) groups excluding carboxylic acids is 1. The van der Waals surface area contributed by atoms with Gasteiger partial charge in [-0.05, 0) is 39.5 Å². The van der Waals surface area contributed by atoms with Crippen molar-refractivity contribution in [2.75, 3.05) is 46.8 Å². The van der Waals surface area contributed by atoms with Crippen LogP contribution in [-0.2, 0) is 4.79 Å². The number of nitrogens with one attached hydrogen (secondary N) is 1. The van der Waals surface area contributed by atoms with E-state index >= 15 is 0 Å². The maximum Gasteiger partial charge on any atom is 0.235 e. The van der Waals surface area contributed by atoms with Crippen molar-refractivity contribution in [3.8, 4) is 0 Å². The molecule has 1 fully saturated rings. The maximum atomic E-state index is 11.2. The molecule has 0 saturated carbocycles. The van der Waals surface area contributed by atoms with Crippen LogP contribution >= 0.6 is 0 Å². The molecular formula is C12H26N4O. The maximum absolute atomic E-state index is 11.2. The fourth-order valence-corrected chi connectivity index (χ4v) is 2.50. The van der Waals surface area contributed by atoms with Gasteiger partial charge >= 0.3 is 0 Å². The molecule has 5 nitrogen and oxygen atoms in total. The van der Waals surface area contributed by atoms with E-state index in [1.54, 1.807) is 0 Å². The number of nitrogens with two attached hydrogens (primary N) is 1. The number of rotatable bonds is 7. The SMILES string of the molecule is CCNC(CN(C)CC1CCN(C)C1)C(N)=O. The molecule has 1 rings (SSSR count). The number of likely N-dealkylation sites (tertiary alicyclic amines) is 1. The Balaban J connectivity index is 2.31. The number of amides is 1. The third-order valence-electron chi connectivity index (χ3n) is 3.35. The number of carbonyl (C=O) groups is 1. The third-order valence-corrected chi connectivity index (χ3v) is 3.35. The van der Waals surface area contributed by atoms with Gasteiger partial charge in [-0.25, -0.2) is 0 Å². The highest BCUT2D eigenvalue weighted by atomic mass is 16.1. The molecule has 2 unspecified atom stereocenters. The Labute approximate surface area is 104 Å². The van der Waals surface area contributed by atoms with Crippen LogP contribution < -0.4 is 11.1 Å². The molecule has 2 atom stereocenters. The van der Waals surface area contributed by atoms with Crippen LogP contribution in [0.1, 0.15) is 13.3 Å². The molecule has 1 heterocycles. The zero-order valence-corrected chi connectivity index (χ0v) is 11.3. The largest absolute Gasteiger partial charge is 0.368 e. The van der Waals surface area contributed by atoms with Gasteiger partial charge in [0, 0.05) is 19.6 Å². The molecule has 0 aromatic carbocycles. The quantitative estimate of drug-likeness (QED) is 0.622. The number of hydrogen-bond donors (Lipinski definition) is 2. The van der Waals surface area contributed by atoms with Gasteiger partial charge in [0.1, 0.15) is 0 Å². The van der Waals surface area contributed by atoms with E-state index < -0.39 is 0 Å². The molecule has 1 aliphatic heterocycles. The minimum absolute atomic E-state index is 0.232. The Morgan fingerprint density at radius 1 is 1.65 bits per heavy atom. The van der Waals surface area contributed by atoms with Crippen LogP contribution in [0.15, 0.2) is 0 Å². The Morgan fingerprint density at radius 2 is 2.35 bits per heavy atom. The zero-order chi connectivity index (χ0) is 12.8. The van der Waals surface area contributed by atoms with Crippen LogP contribution in [0.25, 0.3) is 0 Å². The second-order valence-corrected chi connectivity index (χ2v) is 5.15. The van der Waals surface area contributed by atoms with Crippen LogP contribution in [0, 0.1) is 5.92 Å². The molecule has 17 heavy (non-hydrogen) atoms. The van der Waals surface area contributed by atoms with Crippen molar-refractivity contribution in [2.45, 2.75) is 19.4 Å². The molecule has 3 N–H and O–H groups in total. The van der Waals surface area contributed by atoms with Crippen LogP contribution in [0.4, 0.5) is 0 Å². The summed E-state index contributed by atoms with van der Waals surface area (Å²) >= 11 is 0. The third kappa shape index (κ3) is 5.02. The van der Waals surface area contributed by atoms with E-state index in [0.717, 1.165) is 25.6 Å². The van der Waals surface area contributed by atoms with Crippen molar-refractivity contribution in [1.82, 2.24) is 15.1 Å². The summed E-state index contributed by atoms with van der Waals surface area (Å²) in [5.41, 5.74) is 5.36. The molecule has 1 amide bonds. The Kier molecular flexibility index (Phi) is 5.88. The van der Waals surface area contributed by atoms with Gasteiger partial charge in [-0.2, -0.15) is 0 Å². The molecule has 0 bridgehead atoms. The smallest absolute Gasteiger partial charge is 0.235 e. The van der Waals surface area contributed by atoms with Crippen molar-refractivity contribution in [2.24, 2.45) is 11.7 Å². The van der Waals surface area contributed by atoms with Crippen molar-refractivity contribution in [3.63, 3.8) is 0 Å². The van der Waals surface area contributed by atoms with Crippen LogP contribution in [0.3, 0.4) is 0 Å². The van der Waals surface area contributed by atoms with Crippen LogP contribution in [0.2, 0.25) is 0 Å².